The molecule has 8 heteroatoms. The van der Waals surface area contributed by atoms with Gasteiger partial charge in [0, 0.05) is 35.3 Å². The van der Waals surface area contributed by atoms with Crippen LogP contribution < -0.4 is 34.8 Å². The molecule has 0 unspecified atom stereocenters. The van der Waals surface area contributed by atoms with Crippen LogP contribution in [0.2, 0.25) is 0 Å². The van der Waals surface area contributed by atoms with E-state index >= 15 is 0 Å². The number of nitrogens with zero attached hydrogens (tertiary/aromatic N) is 2. The average Bonchev–Trinajstić information content (AvgIpc) is 2.88. The Morgan fingerprint density at radius 2 is 0.921 bits per heavy atom. The molecule has 192 valence electrons. The molecule has 0 amide bonds. The average molecular weight is 545 g/mol. The molecule has 1 aromatic heterocycles. The highest BCUT2D eigenvalue weighted by atomic mass is 35.5. The quantitative estimate of drug-likeness (QED) is 0.276. The molecule has 4 aromatic carbocycles. The van der Waals surface area contributed by atoms with Crippen molar-refractivity contribution < 1.29 is 45.0 Å². The second-order valence-electron chi connectivity index (χ2n) is 8.71. The minimum absolute atomic E-state index is 0. The van der Waals surface area contributed by atoms with E-state index in [1.165, 1.54) is 0 Å². The summed E-state index contributed by atoms with van der Waals surface area (Å²) in [6, 6.07) is 22.8. The topological polar surface area (TPSA) is 94.5 Å². The fraction of sp³-hybridized carbons (Fsp3) is 0.0667. The Balaban J connectivity index is 0.00000200. The number of benzene rings is 4. The number of phenolic OH excluding ortho intramolecular Hbond substituents is 2. The third-order valence-electron chi connectivity index (χ3n) is 5.89. The molecule has 0 spiro atoms. The van der Waals surface area contributed by atoms with Crippen molar-refractivity contribution >= 4 is 43.6 Å². The first-order valence-corrected chi connectivity index (χ1v) is 11.6. The number of phenols is 2. The zero-order valence-corrected chi connectivity index (χ0v) is 22.3. The summed E-state index contributed by atoms with van der Waals surface area (Å²) in [5.41, 5.74) is 4.91. The molecule has 0 radical (unpaired) electrons. The van der Waals surface area contributed by atoms with Gasteiger partial charge in [-0.1, -0.05) is 24.3 Å². The predicted octanol–water partition coefficient (Wildman–Crippen LogP) is -0.435. The van der Waals surface area contributed by atoms with E-state index in [1.807, 2.05) is 86.6 Å². The summed E-state index contributed by atoms with van der Waals surface area (Å²) in [5.74, 6) is 0.262. The van der Waals surface area contributed by atoms with Crippen molar-refractivity contribution in [2.75, 3.05) is 0 Å². The largest absolute Gasteiger partial charge is 1.00 e. The minimum Gasteiger partial charge on any atom is -1.00 e. The zero-order valence-electron chi connectivity index (χ0n) is 20.8. The lowest BCUT2D eigenvalue weighted by molar-refractivity contribution is -0.342. The van der Waals surface area contributed by atoms with Gasteiger partial charge in [0.15, 0.2) is 12.4 Å². The van der Waals surface area contributed by atoms with Crippen molar-refractivity contribution in [3.63, 3.8) is 0 Å². The minimum atomic E-state index is 0. The van der Waals surface area contributed by atoms with Gasteiger partial charge >= 0.3 is 0 Å². The first kappa shape index (κ1) is 28.3. The van der Waals surface area contributed by atoms with Crippen molar-refractivity contribution in [3.8, 4) is 11.5 Å². The fourth-order valence-corrected chi connectivity index (χ4v) is 4.09. The molecule has 0 fully saturated rings. The van der Waals surface area contributed by atoms with Crippen molar-refractivity contribution in [2.45, 2.75) is 13.8 Å². The maximum atomic E-state index is 11.0. The first-order chi connectivity index (χ1) is 17.5. The van der Waals surface area contributed by atoms with Crippen LogP contribution in [0.25, 0.3) is 43.6 Å². The van der Waals surface area contributed by atoms with E-state index in [1.54, 1.807) is 24.8 Å². The lowest BCUT2D eigenvalue weighted by Gasteiger charge is -2.00. The second kappa shape index (κ2) is 12.3. The lowest BCUT2D eigenvalue weighted by atomic mass is 10.1. The normalized spacial score (nSPS) is 10.2. The van der Waals surface area contributed by atoms with Crippen molar-refractivity contribution in [2.24, 2.45) is 0 Å². The smallest absolute Gasteiger partial charge is 0.229 e. The Kier molecular flexibility index (Phi) is 9.18. The number of aromatic amines is 2. The fourth-order valence-electron chi connectivity index (χ4n) is 4.09. The van der Waals surface area contributed by atoms with Crippen molar-refractivity contribution in [1.29, 1.82) is 0 Å². The number of halogens is 2. The van der Waals surface area contributed by atoms with Gasteiger partial charge in [-0.2, -0.15) is 0 Å². The van der Waals surface area contributed by atoms with Gasteiger partial charge in [-0.05, 0) is 61.4 Å². The van der Waals surface area contributed by atoms with Crippen LogP contribution in [0, 0.1) is 13.8 Å². The van der Waals surface area contributed by atoms with Gasteiger partial charge in [-0.25, -0.2) is 19.9 Å². The number of aromatic nitrogens is 4. The molecule has 38 heavy (non-hydrogen) atoms. The van der Waals surface area contributed by atoms with Crippen LogP contribution in [0.15, 0.2) is 97.6 Å². The Hall–Kier alpha value is -4.26. The molecule has 0 aliphatic heterocycles. The number of H-pyrrole nitrogens is 2. The van der Waals surface area contributed by atoms with Crippen LogP contribution in [0.3, 0.4) is 0 Å². The van der Waals surface area contributed by atoms with Gasteiger partial charge in [-0.15, -0.1) is 0 Å². The Morgan fingerprint density at radius 3 is 1.37 bits per heavy atom. The number of rotatable bonds is 0. The SMILES string of the molecule is Cc1cc2cnc3ccccc3[nH+]cc3cc(C)cc(c[nH+]c4ccccc4ncc(c1)c2O)c3O.[Cl-].[Cl-]. The molecule has 0 saturated carbocycles. The van der Waals surface area contributed by atoms with Gasteiger partial charge in [0.2, 0.25) is 11.0 Å². The monoisotopic (exact) mass is 544 g/mol. The molecule has 1 heterocycles. The molecular formula is C30H26Cl2N4O2. The molecule has 6 nitrogen and oxygen atoms in total. The van der Waals surface area contributed by atoms with E-state index in [4.69, 9.17) is 0 Å². The van der Waals surface area contributed by atoms with Gasteiger partial charge < -0.3 is 35.0 Å². The summed E-state index contributed by atoms with van der Waals surface area (Å²) in [5, 5.41) is 24.4. The summed E-state index contributed by atoms with van der Waals surface area (Å²) < 4.78 is 0. The van der Waals surface area contributed by atoms with E-state index in [9.17, 15) is 10.2 Å². The first-order valence-electron chi connectivity index (χ1n) is 11.6. The van der Waals surface area contributed by atoms with Crippen molar-refractivity contribution in [1.82, 2.24) is 9.97 Å². The molecule has 0 saturated heterocycles. The number of aryl methyl sites for hydroxylation is 2. The molecular weight excluding hydrogens is 519 g/mol. The highest BCUT2D eigenvalue weighted by Crippen LogP contribution is 2.26. The number of nitrogens with one attached hydrogen (secondary N) is 2. The van der Waals surface area contributed by atoms with E-state index < -0.39 is 0 Å². The van der Waals surface area contributed by atoms with E-state index in [-0.39, 0.29) is 36.3 Å². The summed E-state index contributed by atoms with van der Waals surface area (Å²) in [6.07, 6.45) is 6.82. The summed E-state index contributed by atoms with van der Waals surface area (Å²) >= 11 is 0. The molecule has 5 rings (SSSR count). The van der Waals surface area contributed by atoms with Crippen LogP contribution in [-0.4, -0.2) is 20.2 Å². The van der Waals surface area contributed by atoms with Crippen LogP contribution in [0.5, 0.6) is 11.5 Å². The van der Waals surface area contributed by atoms with Crippen LogP contribution in [-0.2, 0) is 0 Å². The molecule has 4 N–H and O–H groups in total. The maximum Gasteiger partial charge on any atom is 0.229 e. The van der Waals surface area contributed by atoms with Gasteiger partial charge in [0.1, 0.15) is 22.5 Å². The molecule has 4 bridgehead atoms. The number of para-hydroxylation sites is 4. The standard InChI is InChI=1S/C30H24N4O2.2ClH/c1-19-11-21-15-31-25-7-3-5-9-27(25)33-17-23-13-20(2)14-24(30(23)36)18-34-28-10-6-4-8-26(28)32-16-22(12-19)29(21)35;;/h3-18,35-36H,1-2H3;2*1H. The van der Waals surface area contributed by atoms with Crippen LogP contribution in [0.4, 0.5) is 0 Å². The molecule has 0 atom stereocenters. The third-order valence-corrected chi connectivity index (χ3v) is 5.89. The number of hydrogen-bond acceptors (Lipinski definition) is 4. The second-order valence-corrected chi connectivity index (χ2v) is 8.71. The highest BCUT2D eigenvalue weighted by molar-refractivity contribution is 5.82. The molecule has 0 aliphatic rings. The number of hydrogen-bond donors (Lipinski definition) is 2. The number of aromatic hydroxyl groups is 2. The van der Waals surface area contributed by atoms with Crippen molar-refractivity contribution in [3.05, 3.63) is 109 Å². The summed E-state index contributed by atoms with van der Waals surface area (Å²) in [7, 11) is 0. The number of fused-ring (bicyclic) bond motifs is 6. The Bertz CT molecular complexity index is 1550. The lowest BCUT2D eigenvalue weighted by Crippen LogP contribution is -3.00. The van der Waals surface area contributed by atoms with Crippen LogP contribution in [0.1, 0.15) is 11.1 Å². The summed E-state index contributed by atoms with van der Waals surface area (Å²) in [4.78, 5) is 15.8. The van der Waals surface area contributed by atoms with E-state index in [0.29, 0.717) is 32.6 Å². The van der Waals surface area contributed by atoms with E-state index in [2.05, 4.69) is 19.9 Å². The Morgan fingerprint density at radius 1 is 0.553 bits per heavy atom. The predicted molar refractivity (Wildman–Crippen MR) is 142 cm³/mol. The van der Waals surface area contributed by atoms with Crippen LogP contribution >= 0.6 is 0 Å². The Labute approximate surface area is 232 Å². The maximum absolute atomic E-state index is 11.0. The van der Waals surface area contributed by atoms with Gasteiger partial charge in [0.25, 0.3) is 0 Å². The van der Waals surface area contributed by atoms with Gasteiger partial charge in [0.05, 0.1) is 10.8 Å². The molecule has 5 aromatic rings. The van der Waals surface area contributed by atoms with E-state index in [0.717, 1.165) is 22.2 Å². The zero-order chi connectivity index (χ0) is 25.1. The van der Waals surface area contributed by atoms with Gasteiger partial charge in [-0.3, -0.25) is 0 Å². The third kappa shape index (κ3) is 6.17. The molecule has 0 aliphatic carbocycles. The highest BCUT2D eigenvalue weighted by Gasteiger charge is 2.05. The summed E-state index contributed by atoms with van der Waals surface area (Å²) in [6.45, 7) is 3.95.